The van der Waals surface area contributed by atoms with Crippen molar-refractivity contribution in [2.24, 2.45) is 5.92 Å². The normalized spacial score (nSPS) is 17.7. The Bertz CT molecular complexity index is 387. The van der Waals surface area contributed by atoms with Crippen molar-refractivity contribution in [2.45, 2.75) is 26.3 Å². The first-order valence-electron chi connectivity index (χ1n) is 6.43. The lowest BCUT2D eigenvalue weighted by Gasteiger charge is -2.30. The van der Waals surface area contributed by atoms with Crippen molar-refractivity contribution in [1.29, 1.82) is 0 Å². The van der Waals surface area contributed by atoms with Gasteiger partial charge in [0.05, 0.1) is 7.11 Å². The van der Waals surface area contributed by atoms with Crippen LogP contribution in [0.1, 0.15) is 25.3 Å². The minimum atomic E-state index is 0.355. The van der Waals surface area contributed by atoms with Crippen LogP contribution in [-0.4, -0.2) is 30.4 Å². The predicted molar refractivity (Wildman–Crippen MR) is 69.9 cm³/mol. The summed E-state index contributed by atoms with van der Waals surface area (Å²) in [6.07, 6.45) is 2.55. The molecule has 1 saturated heterocycles. The van der Waals surface area contributed by atoms with Gasteiger partial charge >= 0.3 is 0 Å². The zero-order chi connectivity index (χ0) is 13.0. The molecular formula is C14H21NO3. The summed E-state index contributed by atoms with van der Waals surface area (Å²) >= 11 is 0. The van der Waals surface area contributed by atoms with Gasteiger partial charge in [0.2, 0.25) is 5.75 Å². The van der Waals surface area contributed by atoms with E-state index in [1.165, 1.54) is 18.4 Å². The van der Waals surface area contributed by atoms with Gasteiger partial charge in [-0.25, -0.2) is 5.26 Å². The standard InChI is InChI=1S/C14H21NO3/c1-11-5-7-15(8-6-11)10-12-3-4-13(18-16)14(9-12)17-2/h3-4,9,11,16H,5-8,10H2,1-2H3. The van der Waals surface area contributed by atoms with Gasteiger partial charge in [-0.2, -0.15) is 0 Å². The molecule has 100 valence electrons. The maximum atomic E-state index is 8.70. The Kier molecular flexibility index (Phi) is 4.44. The molecule has 4 heteroatoms. The van der Waals surface area contributed by atoms with Gasteiger partial charge in [-0.1, -0.05) is 13.0 Å². The monoisotopic (exact) mass is 251 g/mol. The number of ether oxygens (including phenoxy) is 1. The number of likely N-dealkylation sites (tertiary alicyclic amines) is 1. The molecule has 1 aromatic rings. The second-order valence-corrected chi connectivity index (χ2v) is 5.04. The van der Waals surface area contributed by atoms with Gasteiger partial charge in [-0.15, -0.1) is 0 Å². The number of methoxy groups -OCH3 is 1. The molecule has 0 amide bonds. The van der Waals surface area contributed by atoms with Gasteiger partial charge < -0.3 is 9.62 Å². The van der Waals surface area contributed by atoms with Crippen LogP contribution in [0.3, 0.4) is 0 Å². The molecule has 0 aliphatic carbocycles. The van der Waals surface area contributed by atoms with E-state index in [2.05, 4.69) is 16.7 Å². The molecule has 0 bridgehead atoms. The summed E-state index contributed by atoms with van der Waals surface area (Å²) in [4.78, 5) is 6.71. The highest BCUT2D eigenvalue weighted by molar-refractivity contribution is 5.42. The van der Waals surface area contributed by atoms with E-state index < -0.39 is 0 Å². The Labute approximate surface area is 108 Å². The molecule has 0 spiro atoms. The number of rotatable bonds is 4. The maximum Gasteiger partial charge on any atom is 0.206 e. The molecule has 0 saturated carbocycles. The first-order chi connectivity index (χ1) is 8.72. The molecule has 1 aliphatic heterocycles. The van der Waals surface area contributed by atoms with E-state index in [1.54, 1.807) is 13.2 Å². The summed E-state index contributed by atoms with van der Waals surface area (Å²) in [7, 11) is 1.57. The van der Waals surface area contributed by atoms with Crippen molar-refractivity contribution in [1.82, 2.24) is 4.90 Å². The predicted octanol–water partition coefficient (Wildman–Crippen LogP) is 2.78. The molecule has 1 N–H and O–H groups in total. The van der Waals surface area contributed by atoms with Crippen molar-refractivity contribution >= 4 is 0 Å². The molecule has 0 atom stereocenters. The lowest BCUT2D eigenvalue weighted by atomic mass is 9.99. The van der Waals surface area contributed by atoms with E-state index in [9.17, 15) is 0 Å². The molecule has 4 nitrogen and oxygen atoms in total. The van der Waals surface area contributed by atoms with Crippen LogP contribution in [0.25, 0.3) is 0 Å². The van der Waals surface area contributed by atoms with Crippen LogP contribution in [0.2, 0.25) is 0 Å². The second-order valence-electron chi connectivity index (χ2n) is 5.04. The zero-order valence-electron chi connectivity index (χ0n) is 11.1. The lowest BCUT2D eigenvalue weighted by molar-refractivity contribution is -0.139. The van der Waals surface area contributed by atoms with Crippen molar-refractivity contribution < 1.29 is 14.9 Å². The van der Waals surface area contributed by atoms with Crippen LogP contribution in [-0.2, 0) is 6.54 Å². The van der Waals surface area contributed by atoms with Crippen molar-refractivity contribution in [3.8, 4) is 11.5 Å². The SMILES string of the molecule is COc1cc(CN2CCC(C)CC2)ccc1OO. The van der Waals surface area contributed by atoms with Gasteiger partial charge in [0, 0.05) is 6.54 Å². The molecule has 1 heterocycles. The summed E-state index contributed by atoms with van der Waals surface area (Å²) in [6.45, 7) is 5.55. The Balaban J connectivity index is 2.01. The molecule has 0 radical (unpaired) electrons. The Morgan fingerprint density at radius 1 is 1.28 bits per heavy atom. The highest BCUT2D eigenvalue weighted by atomic mass is 17.1. The van der Waals surface area contributed by atoms with Crippen LogP contribution in [0.15, 0.2) is 18.2 Å². The van der Waals surface area contributed by atoms with Crippen LogP contribution < -0.4 is 9.62 Å². The molecule has 18 heavy (non-hydrogen) atoms. The van der Waals surface area contributed by atoms with Crippen LogP contribution in [0.4, 0.5) is 0 Å². The van der Waals surface area contributed by atoms with Crippen molar-refractivity contribution in [2.75, 3.05) is 20.2 Å². The van der Waals surface area contributed by atoms with Gasteiger partial charge in [0.1, 0.15) is 0 Å². The van der Waals surface area contributed by atoms with Crippen molar-refractivity contribution in [3.05, 3.63) is 23.8 Å². The van der Waals surface area contributed by atoms with Crippen molar-refractivity contribution in [3.63, 3.8) is 0 Å². The third kappa shape index (κ3) is 3.15. The average Bonchev–Trinajstić information content (AvgIpc) is 2.41. The second kappa shape index (κ2) is 6.07. The quantitative estimate of drug-likeness (QED) is 0.660. The largest absolute Gasteiger partial charge is 0.493 e. The number of piperidine rings is 1. The van der Waals surface area contributed by atoms with Crippen LogP contribution >= 0.6 is 0 Å². The first-order valence-corrected chi connectivity index (χ1v) is 6.43. The fraction of sp³-hybridized carbons (Fsp3) is 0.571. The Morgan fingerprint density at radius 3 is 2.61 bits per heavy atom. The molecule has 1 fully saturated rings. The summed E-state index contributed by atoms with van der Waals surface area (Å²) < 4.78 is 5.18. The minimum Gasteiger partial charge on any atom is -0.493 e. The van der Waals surface area contributed by atoms with Crippen LogP contribution in [0, 0.1) is 5.92 Å². The van der Waals surface area contributed by atoms with Gasteiger partial charge in [0.15, 0.2) is 5.75 Å². The van der Waals surface area contributed by atoms with E-state index in [1.807, 2.05) is 12.1 Å². The minimum absolute atomic E-state index is 0.355. The third-order valence-electron chi connectivity index (χ3n) is 3.61. The number of nitrogens with zero attached hydrogens (tertiary/aromatic N) is 1. The summed E-state index contributed by atoms with van der Waals surface area (Å²) in [5.41, 5.74) is 1.18. The smallest absolute Gasteiger partial charge is 0.206 e. The van der Waals surface area contributed by atoms with E-state index in [0.29, 0.717) is 11.5 Å². The van der Waals surface area contributed by atoms with Gasteiger partial charge in [-0.3, -0.25) is 4.90 Å². The average molecular weight is 251 g/mol. The molecular weight excluding hydrogens is 230 g/mol. The van der Waals surface area contributed by atoms with Gasteiger partial charge in [-0.05, 0) is 49.5 Å². The topological polar surface area (TPSA) is 41.9 Å². The number of hydrogen-bond donors (Lipinski definition) is 1. The van der Waals surface area contributed by atoms with E-state index in [0.717, 1.165) is 25.6 Å². The summed E-state index contributed by atoms with van der Waals surface area (Å²) in [5, 5.41) is 8.70. The first kappa shape index (κ1) is 13.2. The van der Waals surface area contributed by atoms with E-state index >= 15 is 0 Å². The highest BCUT2D eigenvalue weighted by Gasteiger charge is 2.16. The molecule has 1 aromatic carbocycles. The lowest BCUT2D eigenvalue weighted by Crippen LogP contribution is -2.32. The van der Waals surface area contributed by atoms with E-state index in [-0.39, 0.29) is 0 Å². The maximum absolute atomic E-state index is 8.70. The summed E-state index contributed by atoms with van der Waals surface area (Å²) in [5.74, 6) is 1.77. The molecule has 0 unspecified atom stereocenters. The number of hydrogen-bond acceptors (Lipinski definition) is 4. The van der Waals surface area contributed by atoms with Crippen LogP contribution in [0.5, 0.6) is 11.5 Å². The Hall–Kier alpha value is -1.26. The summed E-state index contributed by atoms with van der Waals surface area (Å²) in [6, 6.07) is 5.62. The number of benzene rings is 1. The third-order valence-corrected chi connectivity index (χ3v) is 3.61. The zero-order valence-corrected chi connectivity index (χ0v) is 11.1. The Morgan fingerprint density at radius 2 is 2.00 bits per heavy atom. The van der Waals surface area contributed by atoms with Gasteiger partial charge in [0.25, 0.3) is 0 Å². The van der Waals surface area contributed by atoms with E-state index in [4.69, 9.17) is 9.99 Å². The fourth-order valence-electron chi connectivity index (χ4n) is 2.36. The molecule has 0 aromatic heterocycles. The highest BCUT2D eigenvalue weighted by Crippen LogP contribution is 2.28. The molecule has 2 rings (SSSR count). The molecule has 1 aliphatic rings. The fourth-order valence-corrected chi connectivity index (χ4v) is 2.36.